The van der Waals surface area contributed by atoms with Gasteiger partial charge in [0.05, 0.1) is 37.5 Å². The van der Waals surface area contributed by atoms with E-state index in [9.17, 15) is 10.2 Å². The van der Waals surface area contributed by atoms with E-state index in [1.54, 1.807) is 12.3 Å². The molecule has 18 heavy (non-hydrogen) atoms. The van der Waals surface area contributed by atoms with Crippen molar-refractivity contribution >= 4 is 5.71 Å². The van der Waals surface area contributed by atoms with E-state index in [-0.39, 0.29) is 0 Å². The average molecular weight is 250 g/mol. The van der Waals surface area contributed by atoms with Crippen LogP contribution >= 0.6 is 0 Å². The minimum Gasteiger partial charge on any atom is -0.500 e. The molecule has 2 atom stereocenters. The number of ether oxygens (including phenoxy) is 2. The normalized spacial score (nSPS) is 30.4. The molecule has 3 aliphatic rings. The van der Waals surface area contributed by atoms with Gasteiger partial charge in [0.25, 0.3) is 0 Å². The van der Waals surface area contributed by atoms with Crippen LogP contribution in [0.3, 0.4) is 0 Å². The van der Waals surface area contributed by atoms with Gasteiger partial charge in [-0.3, -0.25) is 0 Å². The number of nitrogens with zero attached hydrogens (tertiary/aromatic N) is 1. The van der Waals surface area contributed by atoms with Crippen LogP contribution in [0, 0.1) is 0 Å². The molecule has 5 heteroatoms. The Morgan fingerprint density at radius 1 is 1.44 bits per heavy atom. The highest BCUT2D eigenvalue weighted by molar-refractivity contribution is 6.03. The number of likely N-dealkylation sites (N-methyl/N-ethyl adjacent to an activating group) is 1. The monoisotopic (exact) mass is 250 g/mol. The molecule has 0 aromatic heterocycles. The lowest BCUT2D eigenvalue weighted by atomic mass is 9.90. The molecule has 5 nitrogen and oxygen atoms in total. The van der Waals surface area contributed by atoms with Crippen molar-refractivity contribution in [1.82, 2.24) is 0 Å². The predicted molar refractivity (Wildman–Crippen MR) is 64.0 cm³/mol. The maximum absolute atomic E-state index is 10.3. The summed E-state index contributed by atoms with van der Waals surface area (Å²) >= 11 is 0. The van der Waals surface area contributed by atoms with Gasteiger partial charge in [-0.2, -0.15) is 4.58 Å². The van der Waals surface area contributed by atoms with Crippen LogP contribution in [0.15, 0.2) is 34.9 Å². The summed E-state index contributed by atoms with van der Waals surface area (Å²) in [4.78, 5) is 0. The number of aliphatic hydroxyl groups excluding tert-OH is 2. The summed E-state index contributed by atoms with van der Waals surface area (Å²) in [5.41, 5.74) is 3.36. The quantitative estimate of drug-likeness (QED) is 0.638. The first kappa shape index (κ1) is 11.5. The largest absolute Gasteiger partial charge is 0.500 e. The lowest BCUT2D eigenvalue weighted by Gasteiger charge is -2.22. The molecular weight excluding hydrogens is 234 g/mol. The molecule has 0 aromatic carbocycles. The first-order valence-corrected chi connectivity index (χ1v) is 5.93. The second kappa shape index (κ2) is 3.96. The van der Waals surface area contributed by atoms with Crippen LogP contribution in [0.1, 0.15) is 6.42 Å². The zero-order chi connectivity index (χ0) is 12.9. The highest BCUT2D eigenvalue weighted by Gasteiger charge is 2.46. The van der Waals surface area contributed by atoms with Crippen molar-refractivity contribution in [2.24, 2.45) is 0 Å². The molecule has 2 unspecified atom stereocenters. The van der Waals surface area contributed by atoms with Gasteiger partial charge in [0.1, 0.15) is 18.9 Å². The third-order valence-corrected chi connectivity index (χ3v) is 3.68. The summed E-state index contributed by atoms with van der Waals surface area (Å²) in [6.45, 7) is 0.625. The molecule has 0 saturated heterocycles. The molecule has 2 heterocycles. The van der Waals surface area contributed by atoms with Gasteiger partial charge in [-0.1, -0.05) is 0 Å². The fourth-order valence-electron chi connectivity index (χ4n) is 2.82. The second-order valence-corrected chi connectivity index (χ2v) is 4.58. The molecule has 0 spiro atoms. The molecule has 3 rings (SSSR count). The van der Waals surface area contributed by atoms with Gasteiger partial charge >= 0.3 is 0 Å². The van der Waals surface area contributed by atoms with Crippen LogP contribution in [-0.4, -0.2) is 53.5 Å². The van der Waals surface area contributed by atoms with Crippen LogP contribution in [0.4, 0.5) is 0 Å². The van der Waals surface area contributed by atoms with Gasteiger partial charge in [0, 0.05) is 0 Å². The Kier molecular flexibility index (Phi) is 2.53. The lowest BCUT2D eigenvalue weighted by Crippen LogP contribution is -2.28. The smallest absolute Gasteiger partial charge is 0.221 e. The summed E-state index contributed by atoms with van der Waals surface area (Å²) in [6, 6.07) is 0. The molecule has 0 aromatic rings. The number of methoxy groups -OCH3 is 1. The molecule has 0 fully saturated rings. The molecule has 0 radical (unpaired) electrons. The van der Waals surface area contributed by atoms with Gasteiger partial charge in [-0.05, 0) is 6.08 Å². The Bertz CT molecular complexity index is 527. The molecule has 96 valence electrons. The predicted octanol–water partition coefficient (Wildman–Crippen LogP) is -0.0927. The highest BCUT2D eigenvalue weighted by Crippen LogP contribution is 2.37. The van der Waals surface area contributed by atoms with Crippen molar-refractivity contribution in [3.63, 3.8) is 0 Å². The topological polar surface area (TPSA) is 61.9 Å². The van der Waals surface area contributed by atoms with Crippen molar-refractivity contribution < 1.29 is 24.3 Å². The third kappa shape index (κ3) is 1.38. The van der Waals surface area contributed by atoms with Gasteiger partial charge in [0.15, 0.2) is 11.8 Å². The van der Waals surface area contributed by atoms with E-state index in [2.05, 4.69) is 0 Å². The first-order valence-electron chi connectivity index (χ1n) is 5.93. The Hall–Kier alpha value is -1.59. The lowest BCUT2D eigenvalue weighted by molar-refractivity contribution is -0.451. The highest BCUT2D eigenvalue weighted by atomic mass is 16.5. The Morgan fingerprint density at radius 3 is 2.94 bits per heavy atom. The number of hydrogen-bond donors (Lipinski definition) is 2. The number of aliphatic hydroxyl groups is 2. The van der Waals surface area contributed by atoms with E-state index in [0.29, 0.717) is 17.9 Å². The van der Waals surface area contributed by atoms with Crippen molar-refractivity contribution in [2.45, 2.75) is 18.6 Å². The van der Waals surface area contributed by atoms with Crippen molar-refractivity contribution in [2.75, 3.05) is 20.8 Å². The molecule has 0 amide bonds. The van der Waals surface area contributed by atoms with E-state index in [4.69, 9.17) is 9.47 Å². The fraction of sp³-hybridized carbons (Fsp3) is 0.462. The Morgan fingerprint density at radius 2 is 2.22 bits per heavy atom. The first-order chi connectivity index (χ1) is 8.65. The summed E-state index contributed by atoms with van der Waals surface area (Å²) in [5, 5.41) is 20.5. The van der Waals surface area contributed by atoms with E-state index in [0.717, 1.165) is 23.4 Å². The van der Waals surface area contributed by atoms with Crippen LogP contribution in [0.2, 0.25) is 0 Å². The summed E-state index contributed by atoms with van der Waals surface area (Å²) in [5.74, 6) is 0.377. The van der Waals surface area contributed by atoms with E-state index >= 15 is 0 Å². The van der Waals surface area contributed by atoms with Gasteiger partial charge in [-0.25, -0.2) is 0 Å². The number of hydrogen-bond acceptors (Lipinski definition) is 4. The van der Waals surface area contributed by atoms with E-state index in [1.807, 2.05) is 11.6 Å². The Balaban J connectivity index is 2.13. The minimum atomic E-state index is -0.846. The molecule has 1 aliphatic carbocycles. The molecular formula is C13H16NO4+. The van der Waals surface area contributed by atoms with Gasteiger partial charge in [0.2, 0.25) is 5.70 Å². The summed E-state index contributed by atoms with van der Waals surface area (Å²) < 4.78 is 12.4. The minimum absolute atomic E-state index is 0.377. The van der Waals surface area contributed by atoms with Crippen LogP contribution in [0.25, 0.3) is 0 Å². The third-order valence-electron chi connectivity index (χ3n) is 3.68. The summed E-state index contributed by atoms with van der Waals surface area (Å²) in [7, 11) is 3.39. The fourth-order valence-corrected chi connectivity index (χ4v) is 2.82. The van der Waals surface area contributed by atoms with Crippen LogP contribution < -0.4 is 0 Å². The van der Waals surface area contributed by atoms with E-state index < -0.39 is 12.2 Å². The average Bonchev–Trinajstić information content (AvgIpc) is 2.69. The summed E-state index contributed by atoms with van der Waals surface area (Å²) in [6.07, 6.45) is 2.37. The molecule has 2 N–H and O–H groups in total. The number of rotatable bonds is 1. The number of fused-ring (bicyclic) bond motifs is 2. The van der Waals surface area contributed by atoms with Crippen molar-refractivity contribution in [3.8, 4) is 0 Å². The van der Waals surface area contributed by atoms with Crippen molar-refractivity contribution in [1.29, 1.82) is 0 Å². The second-order valence-electron chi connectivity index (χ2n) is 4.58. The Labute approximate surface area is 105 Å². The SMILES string of the molecule is COC1=CC(O)C2=C(C3=COCCC3=[N+]2C)C1O. The maximum Gasteiger partial charge on any atom is 0.221 e. The maximum atomic E-state index is 10.3. The van der Waals surface area contributed by atoms with Crippen LogP contribution in [0.5, 0.6) is 0 Å². The zero-order valence-electron chi connectivity index (χ0n) is 10.4. The van der Waals surface area contributed by atoms with Gasteiger partial charge in [-0.15, -0.1) is 0 Å². The van der Waals surface area contributed by atoms with Crippen LogP contribution in [-0.2, 0) is 9.47 Å². The van der Waals surface area contributed by atoms with Gasteiger partial charge < -0.3 is 19.7 Å². The zero-order valence-corrected chi connectivity index (χ0v) is 10.4. The molecule has 2 aliphatic heterocycles. The molecule has 0 saturated carbocycles. The van der Waals surface area contributed by atoms with E-state index in [1.165, 1.54) is 7.11 Å². The standard InChI is InChI=1S/C13H16NO4/c1-14-8-3-4-18-6-7(8)11-12(14)9(15)5-10(17-2)13(11)16/h5-6,9,13,15-16H,3-4H2,1-2H3/q+1. The molecule has 0 bridgehead atoms. The van der Waals surface area contributed by atoms with Crippen molar-refractivity contribution in [3.05, 3.63) is 34.9 Å².